The van der Waals surface area contributed by atoms with Gasteiger partial charge < -0.3 is 26.2 Å². The third-order valence-electron chi connectivity index (χ3n) is 7.24. The average Bonchev–Trinajstić information content (AvgIpc) is 2.64. The Balaban J connectivity index is 1.07. The van der Waals surface area contributed by atoms with Crippen molar-refractivity contribution in [3.63, 3.8) is 0 Å². The molecule has 5 aliphatic rings. The van der Waals surface area contributed by atoms with Crippen LogP contribution >= 0.6 is 0 Å². The van der Waals surface area contributed by atoms with Gasteiger partial charge in [0, 0.05) is 51.2 Å². The van der Waals surface area contributed by atoms with Crippen molar-refractivity contribution in [3.05, 3.63) is 0 Å². The molecule has 5 rings (SSSR count). The predicted octanol–water partition coefficient (Wildman–Crippen LogP) is 1.06. The van der Waals surface area contributed by atoms with Gasteiger partial charge in [-0.3, -0.25) is 4.79 Å². The highest BCUT2D eigenvalue weighted by molar-refractivity contribution is 5.78. The van der Waals surface area contributed by atoms with Crippen LogP contribution < -0.4 is 21.3 Å². The van der Waals surface area contributed by atoms with Crippen LogP contribution in [0.2, 0.25) is 0 Å². The van der Waals surface area contributed by atoms with Crippen LogP contribution in [0, 0.1) is 17.8 Å². The Morgan fingerprint density at radius 1 is 0.929 bits per heavy atom. The molecule has 0 radical (unpaired) electrons. The molecule has 4 bridgehead atoms. The van der Waals surface area contributed by atoms with Crippen molar-refractivity contribution >= 4 is 11.9 Å². The largest absolute Gasteiger partial charge is 0.356 e. The van der Waals surface area contributed by atoms with Crippen LogP contribution in [0.5, 0.6) is 0 Å². The van der Waals surface area contributed by atoms with E-state index >= 15 is 0 Å². The molecular formula is C21H37N5O2. The lowest BCUT2D eigenvalue weighted by Gasteiger charge is -2.56. The Kier molecular flexibility index (Phi) is 6.41. The molecule has 28 heavy (non-hydrogen) atoms. The topological polar surface area (TPSA) is 85.5 Å². The molecular weight excluding hydrogens is 354 g/mol. The maximum absolute atomic E-state index is 12.4. The lowest BCUT2D eigenvalue weighted by molar-refractivity contribution is -0.120. The number of hydrogen-bond acceptors (Lipinski definition) is 4. The molecule has 1 heterocycles. The van der Waals surface area contributed by atoms with E-state index in [1.807, 2.05) is 0 Å². The number of carbonyl (C=O) groups is 2. The second-order valence-electron chi connectivity index (χ2n) is 9.62. The monoisotopic (exact) mass is 391 g/mol. The van der Waals surface area contributed by atoms with Gasteiger partial charge in [-0.1, -0.05) is 0 Å². The van der Waals surface area contributed by atoms with Gasteiger partial charge in [0.15, 0.2) is 0 Å². The quantitative estimate of drug-likeness (QED) is 0.466. The van der Waals surface area contributed by atoms with Gasteiger partial charge in [0.25, 0.3) is 0 Å². The second kappa shape index (κ2) is 8.99. The van der Waals surface area contributed by atoms with Crippen molar-refractivity contribution < 1.29 is 9.59 Å². The molecule has 3 amide bonds. The van der Waals surface area contributed by atoms with E-state index in [4.69, 9.17) is 0 Å². The number of nitrogens with zero attached hydrogens (tertiary/aromatic N) is 1. The summed E-state index contributed by atoms with van der Waals surface area (Å²) in [6.07, 6.45) is 8.90. The number of urea groups is 1. The molecule has 0 unspecified atom stereocenters. The lowest BCUT2D eigenvalue weighted by atomic mass is 9.53. The highest BCUT2D eigenvalue weighted by Crippen LogP contribution is 2.55. The van der Waals surface area contributed by atoms with E-state index < -0.39 is 0 Å². The molecule has 1 aliphatic heterocycles. The maximum Gasteiger partial charge on any atom is 0.315 e. The number of carbonyl (C=O) groups excluding carboxylic acids is 2. The van der Waals surface area contributed by atoms with Gasteiger partial charge in [-0.05, 0) is 69.2 Å². The molecule has 4 N–H and O–H groups in total. The Bertz CT molecular complexity index is 526. The lowest BCUT2D eigenvalue weighted by Crippen LogP contribution is -2.61. The molecule has 7 nitrogen and oxygen atoms in total. The zero-order valence-electron chi connectivity index (χ0n) is 17.1. The molecule has 7 heteroatoms. The second-order valence-corrected chi connectivity index (χ2v) is 9.62. The molecule has 0 aromatic carbocycles. The first kappa shape index (κ1) is 20.0. The molecule has 1 saturated heterocycles. The summed E-state index contributed by atoms with van der Waals surface area (Å²) in [4.78, 5) is 26.8. The van der Waals surface area contributed by atoms with E-state index in [0.717, 1.165) is 76.2 Å². The highest BCUT2D eigenvalue weighted by Gasteiger charge is 2.51. The fourth-order valence-corrected chi connectivity index (χ4v) is 6.39. The minimum Gasteiger partial charge on any atom is -0.356 e. The number of rotatable bonds is 8. The Morgan fingerprint density at radius 3 is 2.21 bits per heavy atom. The summed E-state index contributed by atoms with van der Waals surface area (Å²) in [5, 5.41) is 12.5. The zero-order valence-corrected chi connectivity index (χ0v) is 17.1. The van der Waals surface area contributed by atoms with E-state index in [-0.39, 0.29) is 17.5 Å². The van der Waals surface area contributed by atoms with E-state index in [9.17, 15) is 9.59 Å². The molecule has 0 atom stereocenters. The standard InChI is InChI=1S/C21H37N5O2/c27-19(23-3-1-7-26-8-5-22-6-9-26)2-4-24-20(28)25-21-13-16-10-17(14-21)12-18(11-16)15-21/h16-18,22H,1-15H2,(H,23,27)(H2,24,25,28). The van der Waals surface area contributed by atoms with Crippen molar-refractivity contribution in [1.82, 2.24) is 26.2 Å². The summed E-state index contributed by atoms with van der Waals surface area (Å²) in [6, 6.07) is -0.0894. The van der Waals surface area contributed by atoms with Crippen molar-refractivity contribution in [2.45, 2.75) is 56.9 Å². The summed E-state index contributed by atoms with van der Waals surface area (Å²) < 4.78 is 0. The van der Waals surface area contributed by atoms with Crippen molar-refractivity contribution in [2.24, 2.45) is 17.8 Å². The predicted molar refractivity (Wildman–Crippen MR) is 109 cm³/mol. The van der Waals surface area contributed by atoms with Crippen LogP contribution in [-0.4, -0.2) is 68.2 Å². The Hall–Kier alpha value is -1.34. The van der Waals surface area contributed by atoms with Crippen molar-refractivity contribution in [1.29, 1.82) is 0 Å². The molecule has 158 valence electrons. The van der Waals surface area contributed by atoms with Crippen molar-refractivity contribution in [3.8, 4) is 0 Å². The van der Waals surface area contributed by atoms with Crippen LogP contribution in [0.25, 0.3) is 0 Å². The third-order valence-corrected chi connectivity index (χ3v) is 7.24. The SMILES string of the molecule is O=C(CCNC(=O)NC12CC3CC(CC(C3)C1)C2)NCCCN1CCNCC1. The summed E-state index contributed by atoms with van der Waals surface area (Å²) >= 11 is 0. The Labute approximate surface area is 168 Å². The summed E-state index contributed by atoms with van der Waals surface area (Å²) in [5.41, 5.74) is 0.0328. The molecule has 4 aliphatic carbocycles. The Morgan fingerprint density at radius 2 is 1.57 bits per heavy atom. The minimum atomic E-state index is -0.0894. The first-order chi connectivity index (χ1) is 13.6. The van der Waals surface area contributed by atoms with Gasteiger partial charge in [0.05, 0.1) is 0 Å². The number of hydrogen-bond donors (Lipinski definition) is 4. The highest BCUT2D eigenvalue weighted by atomic mass is 16.2. The van der Waals surface area contributed by atoms with E-state index in [1.165, 1.54) is 19.3 Å². The van der Waals surface area contributed by atoms with E-state index in [2.05, 4.69) is 26.2 Å². The van der Waals surface area contributed by atoms with Crippen LogP contribution in [0.1, 0.15) is 51.4 Å². The minimum absolute atomic E-state index is 0.0235. The first-order valence-electron chi connectivity index (χ1n) is 11.4. The summed E-state index contributed by atoms with van der Waals surface area (Å²) in [5.74, 6) is 2.48. The van der Waals surface area contributed by atoms with Crippen molar-refractivity contribution in [2.75, 3.05) is 45.8 Å². The van der Waals surface area contributed by atoms with Crippen LogP contribution in [0.3, 0.4) is 0 Å². The maximum atomic E-state index is 12.4. The fraction of sp³-hybridized carbons (Fsp3) is 0.905. The van der Waals surface area contributed by atoms with Gasteiger partial charge in [0.1, 0.15) is 0 Å². The fourth-order valence-electron chi connectivity index (χ4n) is 6.39. The summed E-state index contributed by atoms with van der Waals surface area (Å²) in [7, 11) is 0. The summed E-state index contributed by atoms with van der Waals surface area (Å²) in [6.45, 7) is 6.46. The van der Waals surface area contributed by atoms with Gasteiger partial charge in [-0.25, -0.2) is 4.79 Å². The smallest absolute Gasteiger partial charge is 0.315 e. The van der Waals surface area contributed by atoms with Gasteiger partial charge in [-0.2, -0.15) is 0 Å². The number of amides is 3. The molecule has 5 fully saturated rings. The van der Waals surface area contributed by atoms with E-state index in [0.29, 0.717) is 19.5 Å². The van der Waals surface area contributed by atoms with Gasteiger partial charge in [0.2, 0.25) is 5.91 Å². The third kappa shape index (κ3) is 5.17. The molecule has 4 saturated carbocycles. The first-order valence-corrected chi connectivity index (χ1v) is 11.4. The van der Waals surface area contributed by atoms with Gasteiger partial charge in [-0.15, -0.1) is 0 Å². The average molecular weight is 392 g/mol. The molecule has 0 aromatic rings. The zero-order chi connectivity index (χ0) is 19.4. The van der Waals surface area contributed by atoms with Gasteiger partial charge >= 0.3 is 6.03 Å². The number of piperazine rings is 1. The number of nitrogens with one attached hydrogen (secondary N) is 4. The molecule has 0 spiro atoms. The van der Waals surface area contributed by atoms with Crippen LogP contribution in [0.4, 0.5) is 4.79 Å². The normalized spacial score (nSPS) is 34.2. The van der Waals surface area contributed by atoms with Crippen LogP contribution in [-0.2, 0) is 4.79 Å². The van der Waals surface area contributed by atoms with Crippen LogP contribution in [0.15, 0.2) is 0 Å². The van der Waals surface area contributed by atoms with E-state index in [1.54, 1.807) is 0 Å². The molecule has 0 aromatic heterocycles.